The van der Waals surface area contributed by atoms with Gasteiger partial charge in [-0.1, -0.05) is 11.6 Å². The van der Waals surface area contributed by atoms with Crippen LogP contribution in [-0.2, 0) is 4.79 Å². The van der Waals surface area contributed by atoms with Gasteiger partial charge in [-0.25, -0.2) is 4.98 Å². The second-order valence-corrected chi connectivity index (χ2v) is 8.43. The van der Waals surface area contributed by atoms with Crippen LogP contribution in [0.4, 0.5) is 5.69 Å². The van der Waals surface area contributed by atoms with E-state index in [1.807, 2.05) is 18.3 Å². The quantitative estimate of drug-likeness (QED) is 0.733. The Bertz CT molecular complexity index is 861. The molecule has 2 aliphatic heterocycles. The number of aryl methyl sites for hydroxylation is 1. The molecule has 0 radical (unpaired) electrons. The summed E-state index contributed by atoms with van der Waals surface area (Å²) >= 11 is 0. The molecule has 2 aromatic heterocycles. The van der Waals surface area contributed by atoms with Crippen molar-refractivity contribution in [1.82, 2.24) is 24.9 Å². The molecule has 162 valence electrons. The van der Waals surface area contributed by atoms with Crippen LogP contribution >= 0.6 is 12.4 Å². The fraction of sp³-hybridized carbons (Fsp3) is 0.619. The number of piperazine rings is 1. The largest absolute Gasteiger partial charge is 0.369 e. The molecule has 1 amide bonds. The Morgan fingerprint density at radius 1 is 1.10 bits per heavy atom. The molecule has 1 aliphatic carbocycles. The van der Waals surface area contributed by atoms with Crippen LogP contribution < -0.4 is 4.90 Å². The van der Waals surface area contributed by atoms with Crippen molar-refractivity contribution in [3.63, 3.8) is 0 Å². The minimum absolute atomic E-state index is 0. The molecular weight excluding hydrogens is 404 g/mol. The highest BCUT2D eigenvalue weighted by atomic mass is 35.5. The SMILES string of the molecule is Cc1noc(-c2ccc(N3CC[C@H](C(=O)N4CCN(C5CCC5)CC4)C3)cn2)n1.Cl. The molecule has 0 bridgehead atoms. The first-order valence-corrected chi connectivity index (χ1v) is 10.7. The summed E-state index contributed by atoms with van der Waals surface area (Å²) < 4.78 is 5.17. The number of amides is 1. The molecule has 0 aromatic carbocycles. The van der Waals surface area contributed by atoms with Gasteiger partial charge in [0.2, 0.25) is 5.91 Å². The summed E-state index contributed by atoms with van der Waals surface area (Å²) in [6.45, 7) is 7.27. The van der Waals surface area contributed by atoms with Crippen molar-refractivity contribution >= 4 is 24.0 Å². The first-order chi connectivity index (χ1) is 14.2. The number of nitrogens with zero attached hydrogens (tertiary/aromatic N) is 6. The summed E-state index contributed by atoms with van der Waals surface area (Å²) in [5, 5.41) is 3.81. The molecule has 3 aliphatic rings. The molecule has 2 aromatic rings. The molecule has 0 spiro atoms. The van der Waals surface area contributed by atoms with Crippen molar-refractivity contribution in [1.29, 1.82) is 0 Å². The lowest BCUT2D eigenvalue weighted by Gasteiger charge is -2.43. The Kier molecular flexibility index (Phi) is 6.24. The molecule has 0 N–H and O–H groups in total. The average Bonchev–Trinajstić information content (AvgIpc) is 3.36. The zero-order chi connectivity index (χ0) is 19.8. The number of halogens is 1. The van der Waals surface area contributed by atoms with Crippen molar-refractivity contribution in [2.45, 2.75) is 38.6 Å². The van der Waals surface area contributed by atoms with Crippen LogP contribution in [0.15, 0.2) is 22.9 Å². The fourth-order valence-corrected chi connectivity index (χ4v) is 4.61. The lowest BCUT2D eigenvalue weighted by Crippen LogP contribution is -2.54. The highest BCUT2D eigenvalue weighted by Crippen LogP contribution is 2.28. The fourth-order valence-electron chi connectivity index (χ4n) is 4.61. The van der Waals surface area contributed by atoms with Crippen LogP contribution in [0.1, 0.15) is 31.5 Å². The molecule has 4 heterocycles. The number of rotatable bonds is 4. The Balaban J connectivity index is 0.00000218. The van der Waals surface area contributed by atoms with Crippen molar-refractivity contribution in [2.24, 2.45) is 5.92 Å². The van der Waals surface area contributed by atoms with E-state index in [4.69, 9.17) is 4.52 Å². The topological polar surface area (TPSA) is 78.6 Å². The van der Waals surface area contributed by atoms with Gasteiger partial charge in [0.25, 0.3) is 5.89 Å². The molecule has 0 unspecified atom stereocenters. The van der Waals surface area contributed by atoms with Crippen LogP contribution in [0.25, 0.3) is 11.6 Å². The van der Waals surface area contributed by atoms with Gasteiger partial charge in [0.05, 0.1) is 17.8 Å². The van der Waals surface area contributed by atoms with Gasteiger partial charge < -0.3 is 14.3 Å². The normalized spacial score (nSPS) is 22.6. The molecular formula is C21H29ClN6O2. The van der Waals surface area contributed by atoms with E-state index in [2.05, 4.69) is 29.8 Å². The number of hydrogen-bond donors (Lipinski definition) is 0. The number of anilines is 1. The van der Waals surface area contributed by atoms with E-state index in [0.717, 1.165) is 57.4 Å². The summed E-state index contributed by atoms with van der Waals surface area (Å²) in [5.74, 6) is 1.44. The van der Waals surface area contributed by atoms with Gasteiger partial charge in [-0.2, -0.15) is 4.98 Å². The molecule has 5 rings (SSSR count). The van der Waals surface area contributed by atoms with E-state index in [1.54, 1.807) is 6.92 Å². The van der Waals surface area contributed by atoms with E-state index < -0.39 is 0 Å². The zero-order valence-corrected chi connectivity index (χ0v) is 18.2. The number of hydrogen-bond acceptors (Lipinski definition) is 7. The third-order valence-corrected chi connectivity index (χ3v) is 6.61. The summed E-state index contributed by atoms with van der Waals surface area (Å²) in [6, 6.07) is 4.70. The van der Waals surface area contributed by atoms with Gasteiger partial charge >= 0.3 is 0 Å². The second kappa shape index (κ2) is 8.89. The van der Waals surface area contributed by atoms with E-state index in [9.17, 15) is 4.79 Å². The number of carbonyl (C=O) groups excluding carboxylic acids is 1. The van der Waals surface area contributed by atoms with E-state index >= 15 is 0 Å². The maximum atomic E-state index is 13.0. The van der Waals surface area contributed by atoms with E-state index in [0.29, 0.717) is 23.3 Å². The van der Waals surface area contributed by atoms with Crippen LogP contribution in [-0.4, -0.2) is 76.1 Å². The lowest BCUT2D eigenvalue weighted by atomic mass is 9.91. The summed E-state index contributed by atoms with van der Waals surface area (Å²) in [6.07, 6.45) is 6.78. The molecule has 3 fully saturated rings. The summed E-state index contributed by atoms with van der Waals surface area (Å²) in [7, 11) is 0. The molecule has 2 saturated heterocycles. The Morgan fingerprint density at radius 2 is 1.90 bits per heavy atom. The minimum Gasteiger partial charge on any atom is -0.369 e. The van der Waals surface area contributed by atoms with Crippen LogP contribution in [0.3, 0.4) is 0 Å². The van der Waals surface area contributed by atoms with Gasteiger partial charge in [0.15, 0.2) is 5.82 Å². The van der Waals surface area contributed by atoms with Crippen molar-refractivity contribution in [3.8, 4) is 11.6 Å². The second-order valence-electron chi connectivity index (χ2n) is 8.43. The maximum Gasteiger partial charge on any atom is 0.276 e. The number of carbonyl (C=O) groups is 1. The lowest BCUT2D eigenvalue weighted by molar-refractivity contribution is -0.137. The van der Waals surface area contributed by atoms with Crippen molar-refractivity contribution in [2.75, 3.05) is 44.2 Å². The van der Waals surface area contributed by atoms with Crippen molar-refractivity contribution in [3.05, 3.63) is 24.2 Å². The number of aromatic nitrogens is 3. The standard InChI is InChI=1S/C21H28N6O2.ClH/c1-15-23-20(29-24-15)19-6-5-18(13-22-19)27-8-7-16(14-27)21(28)26-11-9-25(10-12-26)17-3-2-4-17;/h5-6,13,16-17H,2-4,7-12,14H2,1H3;1H/t16-;/m0./s1. The van der Waals surface area contributed by atoms with Crippen molar-refractivity contribution < 1.29 is 9.32 Å². The van der Waals surface area contributed by atoms with E-state index in [1.165, 1.54) is 19.3 Å². The van der Waals surface area contributed by atoms with Gasteiger partial charge in [-0.15, -0.1) is 12.4 Å². The third-order valence-electron chi connectivity index (χ3n) is 6.61. The Labute approximate surface area is 183 Å². The minimum atomic E-state index is 0. The first-order valence-electron chi connectivity index (χ1n) is 10.7. The highest BCUT2D eigenvalue weighted by molar-refractivity contribution is 5.85. The monoisotopic (exact) mass is 432 g/mol. The van der Waals surface area contributed by atoms with Gasteiger partial charge in [-0.3, -0.25) is 9.69 Å². The van der Waals surface area contributed by atoms with E-state index in [-0.39, 0.29) is 18.3 Å². The molecule has 1 atom stereocenters. The van der Waals surface area contributed by atoms with Gasteiger partial charge in [0.1, 0.15) is 5.69 Å². The Hall–Kier alpha value is -2.19. The Morgan fingerprint density at radius 3 is 2.50 bits per heavy atom. The van der Waals surface area contributed by atoms with Gasteiger partial charge in [0, 0.05) is 45.3 Å². The van der Waals surface area contributed by atoms with Gasteiger partial charge in [-0.05, 0) is 38.3 Å². The maximum absolute atomic E-state index is 13.0. The van der Waals surface area contributed by atoms with Crippen LogP contribution in [0.2, 0.25) is 0 Å². The third kappa shape index (κ3) is 4.16. The molecule has 8 nitrogen and oxygen atoms in total. The first kappa shape index (κ1) is 21.1. The van der Waals surface area contributed by atoms with Crippen LogP contribution in [0.5, 0.6) is 0 Å². The predicted molar refractivity (Wildman–Crippen MR) is 116 cm³/mol. The molecule has 9 heteroatoms. The molecule has 30 heavy (non-hydrogen) atoms. The summed E-state index contributed by atoms with van der Waals surface area (Å²) in [5.41, 5.74) is 1.71. The zero-order valence-electron chi connectivity index (χ0n) is 17.4. The predicted octanol–water partition coefficient (Wildman–Crippen LogP) is 2.38. The molecule has 1 saturated carbocycles. The highest BCUT2D eigenvalue weighted by Gasteiger charge is 2.34. The smallest absolute Gasteiger partial charge is 0.276 e. The average molecular weight is 433 g/mol. The number of pyridine rings is 1. The van der Waals surface area contributed by atoms with Crippen LogP contribution in [0, 0.1) is 12.8 Å². The summed E-state index contributed by atoms with van der Waals surface area (Å²) in [4.78, 5) is 28.6.